The Labute approximate surface area is 122 Å². The Morgan fingerprint density at radius 2 is 1.95 bits per heavy atom. The standard InChI is InChI=1S/C14H17Cl2NO2/c1-9(18)11-5-3-10(4-6-11)7-17-12(19)13(2)8-14(13,15)16/h3-6,9,18H,7-8H2,1-2H3,(H,17,19)/t9-,13+/m1/s1. The van der Waals surface area contributed by atoms with E-state index in [1.54, 1.807) is 13.8 Å². The Morgan fingerprint density at radius 3 is 2.37 bits per heavy atom. The van der Waals surface area contributed by atoms with Crippen LogP contribution in [0.3, 0.4) is 0 Å². The number of rotatable bonds is 4. The van der Waals surface area contributed by atoms with Gasteiger partial charge in [-0.1, -0.05) is 24.3 Å². The van der Waals surface area contributed by atoms with E-state index in [9.17, 15) is 9.90 Å². The molecule has 1 aromatic rings. The number of carbonyl (C=O) groups is 1. The van der Waals surface area contributed by atoms with Crippen molar-refractivity contribution in [3.8, 4) is 0 Å². The van der Waals surface area contributed by atoms with E-state index in [1.165, 1.54) is 0 Å². The highest BCUT2D eigenvalue weighted by atomic mass is 35.5. The van der Waals surface area contributed by atoms with Crippen LogP contribution in [0.25, 0.3) is 0 Å². The average Bonchev–Trinajstić information content (AvgIpc) is 2.87. The molecule has 1 fully saturated rings. The summed E-state index contributed by atoms with van der Waals surface area (Å²) >= 11 is 11.9. The number of aliphatic hydroxyl groups excluding tert-OH is 1. The van der Waals surface area contributed by atoms with Gasteiger partial charge in [-0.3, -0.25) is 4.79 Å². The van der Waals surface area contributed by atoms with Crippen molar-refractivity contribution in [1.82, 2.24) is 5.32 Å². The summed E-state index contributed by atoms with van der Waals surface area (Å²) < 4.78 is -0.937. The van der Waals surface area contributed by atoms with Gasteiger partial charge in [0.25, 0.3) is 0 Å². The number of amides is 1. The monoisotopic (exact) mass is 301 g/mol. The third-order valence-corrected chi connectivity index (χ3v) is 4.78. The minimum atomic E-state index is -0.937. The predicted octanol–water partition coefficient (Wildman–Crippen LogP) is 2.94. The molecule has 0 aromatic heterocycles. The normalized spacial score (nSPS) is 25.7. The van der Waals surface area contributed by atoms with Crippen LogP contribution in [0.2, 0.25) is 0 Å². The van der Waals surface area contributed by atoms with Crippen molar-refractivity contribution in [3.05, 3.63) is 35.4 Å². The minimum absolute atomic E-state index is 0.128. The summed E-state index contributed by atoms with van der Waals surface area (Å²) in [6, 6.07) is 7.45. The fraction of sp³-hybridized carbons (Fsp3) is 0.500. The molecule has 0 unspecified atom stereocenters. The Balaban J connectivity index is 1.91. The number of hydrogen-bond acceptors (Lipinski definition) is 2. The van der Waals surface area contributed by atoms with Gasteiger partial charge in [0.15, 0.2) is 0 Å². The maximum atomic E-state index is 12.0. The molecular weight excluding hydrogens is 285 g/mol. The molecule has 2 N–H and O–H groups in total. The SMILES string of the molecule is C[C@@H](O)c1ccc(CNC(=O)[C@]2(C)CC2(Cl)Cl)cc1. The molecule has 0 radical (unpaired) electrons. The molecule has 1 saturated carbocycles. The van der Waals surface area contributed by atoms with E-state index in [1.807, 2.05) is 24.3 Å². The lowest BCUT2D eigenvalue weighted by atomic mass is 10.1. The number of aliphatic hydroxyl groups is 1. The van der Waals surface area contributed by atoms with Crippen LogP contribution in [-0.2, 0) is 11.3 Å². The molecule has 0 heterocycles. The van der Waals surface area contributed by atoms with Crippen molar-refractivity contribution in [3.63, 3.8) is 0 Å². The summed E-state index contributed by atoms with van der Waals surface area (Å²) in [4.78, 5) is 12.0. The van der Waals surface area contributed by atoms with Gasteiger partial charge in [-0.15, -0.1) is 23.2 Å². The van der Waals surface area contributed by atoms with E-state index in [-0.39, 0.29) is 5.91 Å². The van der Waals surface area contributed by atoms with E-state index in [2.05, 4.69) is 5.32 Å². The number of nitrogens with one attached hydrogen (secondary N) is 1. The van der Waals surface area contributed by atoms with Gasteiger partial charge in [0.2, 0.25) is 5.91 Å². The molecule has 1 aliphatic carbocycles. The molecule has 19 heavy (non-hydrogen) atoms. The number of halogens is 2. The molecule has 2 rings (SSSR count). The van der Waals surface area contributed by atoms with Crippen LogP contribution in [0.1, 0.15) is 37.5 Å². The topological polar surface area (TPSA) is 49.3 Å². The molecule has 1 aromatic carbocycles. The molecule has 0 aliphatic heterocycles. The third-order valence-electron chi connectivity index (χ3n) is 3.67. The second-order valence-electron chi connectivity index (χ2n) is 5.31. The van der Waals surface area contributed by atoms with Gasteiger partial charge in [0.05, 0.1) is 11.5 Å². The van der Waals surface area contributed by atoms with Gasteiger partial charge in [-0.2, -0.15) is 0 Å². The first-order chi connectivity index (χ1) is 8.76. The van der Waals surface area contributed by atoms with Crippen LogP contribution in [0, 0.1) is 5.41 Å². The summed E-state index contributed by atoms with van der Waals surface area (Å²) in [5.41, 5.74) is 1.14. The van der Waals surface area contributed by atoms with E-state index in [0.717, 1.165) is 11.1 Å². The summed E-state index contributed by atoms with van der Waals surface area (Å²) in [5.74, 6) is -0.128. The fourth-order valence-electron chi connectivity index (χ4n) is 1.94. The zero-order valence-electron chi connectivity index (χ0n) is 10.9. The highest BCUT2D eigenvalue weighted by Gasteiger charge is 2.67. The average molecular weight is 302 g/mol. The van der Waals surface area contributed by atoms with Crippen LogP contribution in [0.5, 0.6) is 0 Å². The lowest BCUT2D eigenvalue weighted by molar-refractivity contribution is -0.125. The van der Waals surface area contributed by atoms with Crippen molar-refractivity contribution < 1.29 is 9.90 Å². The van der Waals surface area contributed by atoms with E-state index >= 15 is 0 Å². The quantitative estimate of drug-likeness (QED) is 0.840. The van der Waals surface area contributed by atoms with Crippen LogP contribution in [0.15, 0.2) is 24.3 Å². The first kappa shape index (κ1) is 14.6. The van der Waals surface area contributed by atoms with E-state index in [0.29, 0.717) is 13.0 Å². The molecule has 1 aliphatic rings. The third kappa shape index (κ3) is 2.88. The molecule has 2 atom stereocenters. The molecule has 3 nitrogen and oxygen atoms in total. The van der Waals surface area contributed by atoms with Crippen molar-refractivity contribution in [2.45, 2.75) is 37.3 Å². The molecule has 0 bridgehead atoms. The Kier molecular flexibility index (Phi) is 3.83. The molecule has 1 amide bonds. The lowest BCUT2D eigenvalue weighted by Gasteiger charge is -2.13. The number of alkyl halides is 2. The summed E-state index contributed by atoms with van der Waals surface area (Å²) in [7, 11) is 0. The maximum absolute atomic E-state index is 12.0. The van der Waals surface area contributed by atoms with Crippen LogP contribution in [0.4, 0.5) is 0 Å². The lowest BCUT2D eigenvalue weighted by Crippen LogP contribution is -2.32. The number of benzene rings is 1. The minimum Gasteiger partial charge on any atom is -0.389 e. The van der Waals surface area contributed by atoms with Crippen LogP contribution >= 0.6 is 23.2 Å². The van der Waals surface area contributed by atoms with Crippen molar-refractivity contribution in [2.24, 2.45) is 5.41 Å². The second kappa shape index (κ2) is 4.97. The van der Waals surface area contributed by atoms with Gasteiger partial charge in [-0.05, 0) is 31.4 Å². The summed E-state index contributed by atoms with van der Waals surface area (Å²) in [5, 5.41) is 12.2. The predicted molar refractivity (Wildman–Crippen MR) is 76.1 cm³/mol. The molecular formula is C14H17Cl2NO2. The van der Waals surface area contributed by atoms with Crippen molar-refractivity contribution in [2.75, 3.05) is 0 Å². The zero-order valence-corrected chi connectivity index (χ0v) is 12.4. The largest absolute Gasteiger partial charge is 0.389 e. The van der Waals surface area contributed by atoms with Crippen molar-refractivity contribution >= 4 is 29.1 Å². The first-order valence-electron chi connectivity index (χ1n) is 6.19. The zero-order chi connectivity index (χ0) is 14.3. The Morgan fingerprint density at radius 1 is 1.42 bits per heavy atom. The molecule has 0 spiro atoms. The Bertz CT molecular complexity index is 485. The van der Waals surface area contributed by atoms with E-state index in [4.69, 9.17) is 23.2 Å². The van der Waals surface area contributed by atoms with Crippen LogP contribution < -0.4 is 5.32 Å². The van der Waals surface area contributed by atoms with Gasteiger partial charge in [0.1, 0.15) is 4.33 Å². The molecule has 0 saturated heterocycles. The smallest absolute Gasteiger partial charge is 0.229 e. The molecule has 5 heteroatoms. The van der Waals surface area contributed by atoms with Crippen LogP contribution in [-0.4, -0.2) is 15.3 Å². The molecule has 104 valence electrons. The number of carbonyl (C=O) groups excluding carboxylic acids is 1. The maximum Gasteiger partial charge on any atom is 0.229 e. The Hall–Kier alpha value is -0.770. The van der Waals surface area contributed by atoms with Gasteiger partial charge in [0, 0.05) is 6.54 Å². The summed E-state index contributed by atoms with van der Waals surface area (Å²) in [6.45, 7) is 3.91. The van der Waals surface area contributed by atoms with Gasteiger partial charge >= 0.3 is 0 Å². The number of hydrogen-bond donors (Lipinski definition) is 2. The highest BCUT2D eigenvalue weighted by molar-refractivity contribution is 6.53. The summed E-state index contributed by atoms with van der Waals surface area (Å²) in [6.07, 6.45) is -0.00209. The van der Waals surface area contributed by atoms with Crippen molar-refractivity contribution in [1.29, 1.82) is 0 Å². The van der Waals surface area contributed by atoms with Gasteiger partial charge in [-0.25, -0.2) is 0 Å². The van der Waals surface area contributed by atoms with Gasteiger partial charge < -0.3 is 10.4 Å². The highest BCUT2D eigenvalue weighted by Crippen LogP contribution is 2.63. The second-order valence-corrected chi connectivity index (χ2v) is 6.80. The fourth-order valence-corrected chi connectivity index (χ4v) is 2.64. The van der Waals surface area contributed by atoms with E-state index < -0.39 is 15.9 Å². The first-order valence-corrected chi connectivity index (χ1v) is 6.95.